The van der Waals surface area contributed by atoms with E-state index in [4.69, 9.17) is 0 Å². The molecule has 0 fully saturated rings. The van der Waals surface area contributed by atoms with Gasteiger partial charge >= 0.3 is 12.2 Å². The number of amides is 3. The zero-order chi connectivity index (χ0) is 16.8. The molecule has 1 rings (SSSR count). The van der Waals surface area contributed by atoms with Gasteiger partial charge in [0.2, 0.25) is 5.91 Å². The van der Waals surface area contributed by atoms with Crippen LogP contribution in [0.25, 0.3) is 0 Å². The Kier molecular flexibility index (Phi) is 6.21. The molecule has 8 heteroatoms. The van der Waals surface area contributed by atoms with Crippen LogP contribution in [-0.2, 0) is 17.4 Å². The Morgan fingerprint density at radius 2 is 1.86 bits per heavy atom. The first-order valence-corrected chi connectivity index (χ1v) is 6.64. The largest absolute Gasteiger partial charge is 0.416 e. The van der Waals surface area contributed by atoms with Crippen LogP contribution in [0.3, 0.4) is 0 Å². The number of halogens is 3. The lowest BCUT2D eigenvalue weighted by Gasteiger charge is -2.17. The second kappa shape index (κ2) is 7.67. The highest BCUT2D eigenvalue weighted by Gasteiger charge is 2.33. The predicted molar refractivity (Wildman–Crippen MR) is 75.2 cm³/mol. The van der Waals surface area contributed by atoms with Crippen LogP contribution in [0.5, 0.6) is 0 Å². The fourth-order valence-electron chi connectivity index (χ4n) is 1.93. The maximum atomic E-state index is 12.9. The molecular formula is C14H18F3N3O2. The third-order valence-electron chi connectivity index (χ3n) is 2.89. The van der Waals surface area contributed by atoms with Gasteiger partial charge in [0.1, 0.15) is 0 Å². The van der Waals surface area contributed by atoms with Crippen molar-refractivity contribution in [2.75, 3.05) is 13.6 Å². The fraction of sp³-hybridized carbons (Fsp3) is 0.429. The third kappa shape index (κ3) is 5.63. The molecule has 0 aliphatic carbocycles. The molecule has 1 unspecified atom stereocenters. The average Bonchev–Trinajstić information content (AvgIpc) is 2.44. The summed E-state index contributed by atoms with van der Waals surface area (Å²) in [4.78, 5) is 22.5. The first-order valence-electron chi connectivity index (χ1n) is 6.64. The lowest BCUT2D eigenvalue weighted by Crippen LogP contribution is -2.44. The molecule has 0 bridgehead atoms. The number of nitrogens with one attached hydrogen (secondary N) is 3. The molecule has 0 saturated carbocycles. The van der Waals surface area contributed by atoms with Crippen molar-refractivity contribution in [2.24, 2.45) is 0 Å². The number of urea groups is 1. The highest BCUT2D eigenvalue weighted by Crippen LogP contribution is 2.32. The molecular weight excluding hydrogens is 299 g/mol. The minimum atomic E-state index is -4.43. The summed E-state index contributed by atoms with van der Waals surface area (Å²) in [5, 5.41) is 7.12. The van der Waals surface area contributed by atoms with Gasteiger partial charge < -0.3 is 16.0 Å². The topological polar surface area (TPSA) is 70.2 Å². The van der Waals surface area contributed by atoms with E-state index in [9.17, 15) is 22.8 Å². The molecule has 0 aliphatic rings. The van der Waals surface area contributed by atoms with Crippen LogP contribution in [0.2, 0.25) is 0 Å². The summed E-state index contributed by atoms with van der Waals surface area (Å²) in [6.07, 6.45) is -4.39. The first-order chi connectivity index (χ1) is 10.2. The number of hydrogen-bond donors (Lipinski definition) is 3. The Labute approximate surface area is 126 Å². The molecule has 0 spiro atoms. The second-order valence-electron chi connectivity index (χ2n) is 4.76. The van der Waals surface area contributed by atoms with E-state index in [0.717, 1.165) is 6.07 Å². The molecule has 5 nitrogen and oxygen atoms in total. The zero-order valence-electron chi connectivity index (χ0n) is 12.3. The van der Waals surface area contributed by atoms with Crippen LogP contribution < -0.4 is 16.0 Å². The number of rotatable bonds is 5. The quantitative estimate of drug-likeness (QED) is 0.773. The van der Waals surface area contributed by atoms with Crippen molar-refractivity contribution in [1.82, 2.24) is 16.0 Å². The average molecular weight is 317 g/mol. The van der Waals surface area contributed by atoms with Crippen molar-refractivity contribution in [2.45, 2.75) is 25.6 Å². The van der Waals surface area contributed by atoms with Crippen molar-refractivity contribution >= 4 is 11.9 Å². The van der Waals surface area contributed by atoms with Crippen LogP contribution in [0.4, 0.5) is 18.0 Å². The molecule has 1 aromatic rings. The highest BCUT2D eigenvalue weighted by atomic mass is 19.4. The van der Waals surface area contributed by atoms with E-state index < -0.39 is 29.7 Å². The maximum Gasteiger partial charge on any atom is 0.416 e. The number of hydrogen-bond acceptors (Lipinski definition) is 2. The van der Waals surface area contributed by atoms with Crippen LogP contribution in [0, 0.1) is 0 Å². The standard InChI is InChI=1S/C14H18F3N3O2/c1-9(20-12(21)8-19-13(22)18-2)7-10-5-3-4-6-11(10)14(15,16)17/h3-6,9H,7-8H2,1-2H3,(H,20,21)(H2,18,19,22). The van der Waals surface area contributed by atoms with Gasteiger partial charge in [0, 0.05) is 13.1 Å². The summed E-state index contributed by atoms with van der Waals surface area (Å²) < 4.78 is 38.6. The summed E-state index contributed by atoms with van der Waals surface area (Å²) in [5.41, 5.74) is -0.596. The SMILES string of the molecule is CNC(=O)NCC(=O)NC(C)Cc1ccccc1C(F)(F)F. The minimum absolute atomic E-state index is 0.0431. The first kappa shape index (κ1) is 17.8. The summed E-state index contributed by atoms with van der Waals surface area (Å²) in [5.74, 6) is -0.472. The van der Waals surface area contributed by atoms with Gasteiger partial charge in [0.05, 0.1) is 12.1 Å². The van der Waals surface area contributed by atoms with E-state index in [2.05, 4.69) is 16.0 Å². The lowest BCUT2D eigenvalue weighted by atomic mass is 10.0. The van der Waals surface area contributed by atoms with E-state index in [0.29, 0.717) is 0 Å². The molecule has 1 atom stereocenters. The lowest BCUT2D eigenvalue weighted by molar-refractivity contribution is -0.138. The van der Waals surface area contributed by atoms with E-state index >= 15 is 0 Å². The Bertz CT molecular complexity index is 532. The van der Waals surface area contributed by atoms with E-state index in [-0.39, 0.29) is 18.5 Å². The van der Waals surface area contributed by atoms with Crippen molar-refractivity contribution in [3.05, 3.63) is 35.4 Å². The Hall–Kier alpha value is -2.25. The van der Waals surface area contributed by atoms with Crippen LogP contribution in [-0.4, -0.2) is 31.6 Å². The van der Waals surface area contributed by atoms with Gasteiger partial charge in [-0.25, -0.2) is 4.79 Å². The van der Waals surface area contributed by atoms with E-state index in [1.807, 2.05) is 0 Å². The smallest absolute Gasteiger partial charge is 0.352 e. The second-order valence-corrected chi connectivity index (χ2v) is 4.76. The summed E-state index contributed by atoms with van der Waals surface area (Å²) in [6.45, 7) is 1.36. The van der Waals surface area contributed by atoms with Crippen molar-refractivity contribution in [1.29, 1.82) is 0 Å². The van der Waals surface area contributed by atoms with Crippen LogP contribution >= 0.6 is 0 Å². The van der Waals surface area contributed by atoms with Crippen LogP contribution in [0.1, 0.15) is 18.1 Å². The van der Waals surface area contributed by atoms with Gasteiger partial charge in [-0.05, 0) is 25.0 Å². The molecule has 1 aromatic carbocycles. The molecule has 3 N–H and O–H groups in total. The monoisotopic (exact) mass is 317 g/mol. The normalized spacial score (nSPS) is 12.4. The molecule has 22 heavy (non-hydrogen) atoms. The van der Waals surface area contributed by atoms with Crippen molar-refractivity contribution < 1.29 is 22.8 Å². The molecule has 0 heterocycles. The van der Waals surface area contributed by atoms with Gasteiger partial charge in [0.25, 0.3) is 0 Å². The Balaban J connectivity index is 2.61. The fourth-order valence-corrected chi connectivity index (χ4v) is 1.93. The molecule has 0 radical (unpaired) electrons. The van der Waals surface area contributed by atoms with Gasteiger partial charge in [0.15, 0.2) is 0 Å². The van der Waals surface area contributed by atoms with Gasteiger partial charge in [-0.1, -0.05) is 18.2 Å². The molecule has 3 amide bonds. The number of benzene rings is 1. The Morgan fingerprint density at radius 1 is 1.23 bits per heavy atom. The van der Waals surface area contributed by atoms with E-state index in [1.54, 1.807) is 6.92 Å². The van der Waals surface area contributed by atoms with E-state index in [1.165, 1.54) is 25.2 Å². The summed E-state index contributed by atoms with van der Waals surface area (Å²) in [7, 11) is 1.41. The van der Waals surface area contributed by atoms with Gasteiger partial charge in [-0.3, -0.25) is 4.79 Å². The maximum absolute atomic E-state index is 12.9. The van der Waals surface area contributed by atoms with Gasteiger partial charge in [-0.15, -0.1) is 0 Å². The number of carbonyl (C=O) groups is 2. The summed E-state index contributed by atoms with van der Waals surface area (Å²) in [6, 6.07) is 4.23. The molecule has 0 aromatic heterocycles. The minimum Gasteiger partial charge on any atom is -0.352 e. The molecule has 122 valence electrons. The number of carbonyl (C=O) groups excluding carboxylic acids is 2. The van der Waals surface area contributed by atoms with Gasteiger partial charge in [-0.2, -0.15) is 13.2 Å². The van der Waals surface area contributed by atoms with Crippen molar-refractivity contribution in [3.63, 3.8) is 0 Å². The third-order valence-corrected chi connectivity index (χ3v) is 2.89. The highest BCUT2D eigenvalue weighted by molar-refractivity contribution is 5.83. The van der Waals surface area contributed by atoms with Crippen LogP contribution in [0.15, 0.2) is 24.3 Å². The summed E-state index contributed by atoms with van der Waals surface area (Å²) >= 11 is 0. The predicted octanol–water partition coefficient (Wildman–Crippen LogP) is 1.68. The molecule has 0 aliphatic heterocycles. The zero-order valence-corrected chi connectivity index (χ0v) is 12.3. The molecule has 0 saturated heterocycles. The number of alkyl halides is 3. The Morgan fingerprint density at radius 3 is 2.45 bits per heavy atom. The van der Waals surface area contributed by atoms with Crippen molar-refractivity contribution in [3.8, 4) is 0 Å².